The summed E-state index contributed by atoms with van der Waals surface area (Å²) < 4.78 is 5.96. The fraction of sp³-hybridized carbons (Fsp3) is 0.176. The Morgan fingerprint density at radius 2 is 1.83 bits per heavy atom. The van der Waals surface area contributed by atoms with Gasteiger partial charge in [0.25, 0.3) is 5.91 Å². The molecular formula is C17H15BrClNO3. The summed E-state index contributed by atoms with van der Waals surface area (Å²) in [6, 6.07) is 10.2. The standard InChI is InChI=1S/C17H15BrClNO3/c1-10-11(2)15(8-7-13(10)18)20-16(21)9-23-17(22)12-5-3-4-6-14(12)19/h3-8H,9H2,1-2H3,(H,20,21). The summed E-state index contributed by atoms with van der Waals surface area (Å²) in [6.45, 7) is 3.48. The second kappa shape index (κ2) is 7.62. The molecule has 0 saturated heterocycles. The number of halogens is 2. The largest absolute Gasteiger partial charge is 0.452 e. The van der Waals surface area contributed by atoms with Crippen molar-refractivity contribution in [3.05, 3.63) is 62.6 Å². The van der Waals surface area contributed by atoms with Crippen molar-refractivity contribution in [3.63, 3.8) is 0 Å². The molecule has 0 spiro atoms. The lowest BCUT2D eigenvalue weighted by Gasteiger charge is -2.12. The van der Waals surface area contributed by atoms with Crippen LogP contribution in [0.15, 0.2) is 40.9 Å². The number of rotatable bonds is 4. The van der Waals surface area contributed by atoms with Gasteiger partial charge < -0.3 is 10.1 Å². The first-order chi connectivity index (χ1) is 10.9. The maximum Gasteiger partial charge on any atom is 0.340 e. The van der Waals surface area contributed by atoms with Crippen LogP contribution in [0.25, 0.3) is 0 Å². The molecule has 4 nitrogen and oxygen atoms in total. The van der Waals surface area contributed by atoms with Crippen LogP contribution in [-0.4, -0.2) is 18.5 Å². The van der Waals surface area contributed by atoms with E-state index in [2.05, 4.69) is 21.2 Å². The maximum absolute atomic E-state index is 11.9. The van der Waals surface area contributed by atoms with Gasteiger partial charge in [0.2, 0.25) is 0 Å². The molecule has 2 aromatic carbocycles. The van der Waals surface area contributed by atoms with Crippen LogP contribution >= 0.6 is 27.5 Å². The van der Waals surface area contributed by atoms with Gasteiger partial charge in [-0.25, -0.2) is 4.79 Å². The fourth-order valence-electron chi connectivity index (χ4n) is 1.94. The van der Waals surface area contributed by atoms with E-state index in [1.54, 1.807) is 30.3 Å². The topological polar surface area (TPSA) is 55.4 Å². The van der Waals surface area contributed by atoms with Crippen LogP contribution in [0.5, 0.6) is 0 Å². The Labute approximate surface area is 147 Å². The Bertz CT molecular complexity index is 761. The van der Waals surface area contributed by atoms with Crippen molar-refractivity contribution >= 4 is 45.1 Å². The van der Waals surface area contributed by atoms with Crippen LogP contribution < -0.4 is 5.32 Å². The molecule has 0 atom stereocenters. The lowest BCUT2D eigenvalue weighted by Crippen LogP contribution is -2.21. The molecule has 23 heavy (non-hydrogen) atoms. The minimum absolute atomic E-state index is 0.234. The second-order valence-corrected chi connectivity index (χ2v) is 6.21. The number of ether oxygens (including phenoxy) is 1. The van der Waals surface area contributed by atoms with Crippen molar-refractivity contribution in [3.8, 4) is 0 Å². The van der Waals surface area contributed by atoms with Gasteiger partial charge in [-0.2, -0.15) is 0 Å². The number of nitrogens with one attached hydrogen (secondary N) is 1. The van der Waals surface area contributed by atoms with Crippen LogP contribution in [0.2, 0.25) is 5.02 Å². The highest BCUT2D eigenvalue weighted by Gasteiger charge is 2.14. The Morgan fingerprint density at radius 3 is 2.52 bits per heavy atom. The molecule has 0 saturated carbocycles. The number of carbonyl (C=O) groups is 2. The summed E-state index contributed by atoms with van der Waals surface area (Å²) in [5, 5.41) is 3.02. The molecule has 2 rings (SSSR count). The number of amides is 1. The molecule has 1 amide bonds. The zero-order chi connectivity index (χ0) is 17.0. The average Bonchev–Trinajstić information content (AvgIpc) is 2.53. The summed E-state index contributed by atoms with van der Waals surface area (Å²) in [4.78, 5) is 23.8. The normalized spacial score (nSPS) is 10.3. The number of benzene rings is 2. The maximum atomic E-state index is 11.9. The average molecular weight is 397 g/mol. The summed E-state index contributed by atoms with van der Waals surface area (Å²) in [7, 11) is 0. The van der Waals surface area contributed by atoms with Crippen molar-refractivity contribution in [1.82, 2.24) is 0 Å². The van der Waals surface area contributed by atoms with Crippen LogP contribution in [0.4, 0.5) is 5.69 Å². The summed E-state index contributed by atoms with van der Waals surface area (Å²) in [5.74, 6) is -1.04. The van der Waals surface area contributed by atoms with Crippen molar-refractivity contribution in [2.24, 2.45) is 0 Å². The number of hydrogen-bond donors (Lipinski definition) is 1. The SMILES string of the molecule is Cc1c(Br)ccc(NC(=O)COC(=O)c2ccccc2Cl)c1C. The minimum Gasteiger partial charge on any atom is -0.452 e. The van der Waals surface area contributed by atoms with Crippen molar-refractivity contribution in [2.45, 2.75) is 13.8 Å². The molecule has 2 aromatic rings. The number of carbonyl (C=O) groups excluding carboxylic acids is 2. The van der Waals surface area contributed by atoms with Crippen LogP contribution in [0.1, 0.15) is 21.5 Å². The molecular weight excluding hydrogens is 382 g/mol. The molecule has 0 fully saturated rings. The summed E-state index contributed by atoms with van der Waals surface area (Å²) >= 11 is 9.35. The third-order valence-corrected chi connectivity index (χ3v) is 4.61. The van der Waals surface area contributed by atoms with E-state index in [1.165, 1.54) is 0 Å². The number of anilines is 1. The van der Waals surface area contributed by atoms with Crippen LogP contribution in [-0.2, 0) is 9.53 Å². The van der Waals surface area contributed by atoms with Crippen molar-refractivity contribution in [2.75, 3.05) is 11.9 Å². The molecule has 0 aromatic heterocycles. The lowest BCUT2D eigenvalue weighted by atomic mass is 10.1. The van der Waals surface area contributed by atoms with Gasteiger partial charge in [-0.3, -0.25) is 4.79 Å². The van der Waals surface area contributed by atoms with E-state index in [0.29, 0.717) is 5.69 Å². The lowest BCUT2D eigenvalue weighted by molar-refractivity contribution is -0.119. The quantitative estimate of drug-likeness (QED) is 0.773. The zero-order valence-corrected chi connectivity index (χ0v) is 15.0. The highest BCUT2D eigenvalue weighted by Crippen LogP contribution is 2.25. The monoisotopic (exact) mass is 395 g/mol. The van der Waals surface area contributed by atoms with E-state index in [9.17, 15) is 9.59 Å². The molecule has 120 valence electrons. The second-order valence-electron chi connectivity index (χ2n) is 4.95. The summed E-state index contributed by atoms with van der Waals surface area (Å²) in [6.07, 6.45) is 0. The number of esters is 1. The highest BCUT2D eigenvalue weighted by molar-refractivity contribution is 9.10. The van der Waals surface area contributed by atoms with Crippen molar-refractivity contribution in [1.29, 1.82) is 0 Å². The number of hydrogen-bond acceptors (Lipinski definition) is 3. The van der Waals surface area contributed by atoms with E-state index in [1.807, 2.05) is 19.9 Å². The van der Waals surface area contributed by atoms with Gasteiger partial charge in [-0.15, -0.1) is 0 Å². The Kier molecular flexibility index (Phi) is 5.80. The van der Waals surface area contributed by atoms with Gasteiger partial charge in [0.15, 0.2) is 6.61 Å². The van der Waals surface area contributed by atoms with Crippen molar-refractivity contribution < 1.29 is 14.3 Å². The van der Waals surface area contributed by atoms with Gasteiger partial charge in [-0.05, 0) is 49.2 Å². The Balaban J connectivity index is 1.97. The first kappa shape index (κ1) is 17.5. The van der Waals surface area contributed by atoms with E-state index in [0.717, 1.165) is 15.6 Å². The molecule has 1 N–H and O–H groups in total. The first-order valence-electron chi connectivity index (χ1n) is 6.87. The summed E-state index contributed by atoms with van der Waals surface area (Å²) in [5.41, 5.74) is 2.91. The Hall–Kier alpha value is -1.85. The fourth-order valence-corrected chi connectivity index (χ4v) is 2.59. The van der Waals surface area contributed by atoms with Gasteiger partial charge in [0.1, 0.15) is 0 Å². The first-order valence-corrected chi connectivity index (χ1v) is 8.04. The third kappa shape index (κ3) is 4.33. The molecule has 0 aliphatic rings. The van der Waals surface area contributed by atoms with E-state index in [-0.39, 0.29) is 17.2 Å². The predicted octanol–water partition coefficient (Wildman–Crippen LogP) is 4.51. The molecule has 0 heterocycles. The Morgan fingerprint density at radius 1 is 1.13 bits per heavy atom. The van der Waals surface area contributed by atoms with E-state index in [4.69, 9.17) is 16.3 Å². The molecule has 6 heteroatoms. The molecule has 0 bridgehead atoms. The minimum atomic E-state index is -0.630. The zero-order valence-electron chi connectivity index (χ0n) is 12.7. The van der Waals surface area contributed by atoms with Crippen LogP contribution in [0.3, 0.4) is 0 Å². The predicted molar refractivity (Wildman–Crippen MR) is 94.0 cm³/mol. The van der Waals surface area contributed by atoms with Gasteiger partial charge in [-0.1, -0.05) is 39.7 Å². The molecule has 0 radical (unpaired) electrons. The van der Waals surface area contributed by atoms with Gasteiger partial charge >= 0.3 is 5.97 Å². The smallest absolute Gasteiger partial charge is 0.340 e. The van der Waals surface area contributed by atoms with E-state index < -0.39 is 11.9 Å². The third-order valence-electron chi connectivity index (χ3n) is 3.42. The van der Waals surface area contributed by atoms with E-state index >= 15 is 0 Å². The molecule has 0 aliphatic heterocycles. The molecule has 0 unspecified atom stereocenters. The van der Waals surface area contributed by atoms with Crippen LogP contribution in [0, 0.1) is 13.8 Å². The highest BCUT2D eigenvalue weighted by atomic mass is 79.9. The van der Waals surface area contributed by atoms with Gasteiger partial charge in [0.05, 0.1) is 10.6 Å². The molecule has 0 aliphatic carbocycles. The van der Waals surface area contributed by atoms with Gasteiger partial charge in [0, 0.05) is 10.2 Å².